The van der Waals surface area contributed by atoms with Gasteiger partial charge in [-0.15, -0.1) is 0 Å². The molecule has 138 valence electrons. The van der Waals surface area contributed by atoms with E-state index in [1.807, 2.05) is 44.2 Å². The third kappa shape index (κ3) is 7.34. The van der Waals surface area contributed by atoms with Crippen molar-refractivity contribution in [2.24, 2.45) is 17.4 Å². The molecule has 0 aliphatic carbocycles. The van der Waals surface area contributed by atoms with Crippen LogP contribution < -0.4 is 16.8 Å². The summed E-state index contributed by atoms with van der Waals surface area (Å²) < 4.78 is 5.14. The summed E-state index contributed by atoms with van der Waals surface area (Å²) in [7, 11) is 0. The van der Waals surface area contributed by atoms with E-state index in [0.29, 0.717) is 0 Å². The second-order valence-electron chi connectivity index (χ2n) is 6.06. The van der Waals surface area contributed by atoms with Crippen molar-refractivity contribution in [1.82, 2.24) is 5.32 Å². The molecule has 0 saturated heterocycles. The van der Waals surface area contributed by atoms with Gasteiger partial charge in [-0.25, -0.2) is 0 Å². The summed E-state index contributed by atoms with van der Waals surface area (Å²) in [6.45, 7) is 3.93. The average molecular weight is 349 g/mol. The molecule has 5 N–H and O–H groups in total. The normalized spacial score (nSPS) is 14.2. The second-order valence-corrected chi connectivity index (χ2v) is 6.06. The van der Waals surface area contributed by atoms with Gasteiger partial charge in [0.05, 0.1) is 6.04 Å². The summed E-state index contributed by atoms with van der Waals surface area (Å²) >= 11 is 0. The number of carbonyl (C=O) groups is 3. The van der Waals surface area contributed by atoms with Gasteiger partial charge in [0.1, 0.15) is 12.6 Å². The van der Waals surface area contributed by atoms with E-state index >= 15 is 0 Å². The highest BCUT2D eigenvalue weighted by atomic mass is 16.5. The van der Waals surface area contributed by atoms with Crippen molar-refractivity contribution >= 4 is 17.8 Å². The van der Waals surface area contributed by atoms with Crippen LogP contribution in [-0.4, -0.2) is 29.9 Å². The molecule has 1 aromatic carbocycles. The smallest absolute Gasteiger partial charge is 0.306 e. The molecule has 0 fully saturated rings. The lowest BCUT2D eigenvalue weighted by Gasteiger charge is -2.21. The van der Waals surface area contributed by atoms with Crippen LogP contribution in [0.3, 0.4) is 0 Å². The van der Waals surface area contributed by atoms with Crippen LogP contribution in [0.25, 0.3) is 0 Å². The zero-order valence-corrected chi connectivity index (χ0v) is 14.7. The van der Waals surface area contributed by atoms with Gasteiger partial charge < -0.3 is 21.5 Å². The quantitative estimate of drug-likeness (QED) is 0.540. The fourth-order valence-corrected chi connectivity index (χ4v) is 2.14. The Balaban J connectivity index is 2.45. The third-order valence-electron chi connectivity index (χ3n) is 4.10. The largest absolute Gasteiger partial charge is 0.461 e. The van der Waals surface area contributed by atoms with Gasteiger partial charge in [-0.05, 0) is 17.9 Å². The Morgan fingerprint density at radius 2 is 1.84 bits per heavy atom. The van der Waals surface area contributed by atoms with E-state index in [9.17, 15) is 14.4 Å². The van der Waals surface area contributed by atoms with Crippen molar-refractivity contribution < 1.29 is 19.1 Å². The van der Waals surface area contributed by atoms with Gasteiger partial charge in [0.25, 0.3) is 0 Å². The molecular weight excluding hydrogens is 322 g/mol. The van der Waals surface area contributed by atoms with Crippen LogP contribution in [0.15, 0.2) is 30.3 Å². The highest BCUT2D eigenvalue weighted by Gasteiger charge is 2.25. The first-order valence-corrected chi connectivity index (χ1v) is 8.40. The lowest BCUT2D eigenvalue weighted by Crippen LogP contribution is -2.52. The van der Waals surface area contributed by atoms with Crippen molar-refractivity contribution in [1.29, 1.82) is 0 Å². The highest BCUT2D eigenvalue weighted by molar-refractivity contribution is 5.89. The zero-order valence-electron chi connectivity index (χ0n) is 14.7. The van der Waals surface area contributed by atoms with Crippen LogP contribution in [0, 0.1) is 5.92 Å². The fourth-order valence-electron chi connectivity index (χ4n) is 2.14. The maximum Gasteiger partial charge on any atom is 0.306 e. The van der Waals surface area contributed by atoms with Gasteiger partial charge >= 0.3 is 5.97 Å². The van der Waals surface area contributed by atoms with Crippen LogP contribution in [0.2, 0.25) is 0 Å². The number of primary amides is 1. The van der Waals surface area contributed by atoms with E-state index in [2.05, 4.69) is 5.32 Å². The molecule has 7 heteroatoms. The number of benzene rings is 1. The first kappa shape index (κ1) is 20.6. The van der Waals surface area contributed by atoms with Crippen molar-refractivity contribution in [2.75, 3.05) is 0 Å². The molecule has 0 heterocycles. The van der Waals surface area contributed by atoms with Crippen molar-refractivity contribution in [3.8, 4) is 0 Å². The number of ether oxygens (including phenoxy) is 1. The lowest BCUT2D eigenvalue weighted by molar-refractivity contribution is -0.145. The molecule has 1 aromatic rings. The lowest BCUT2D eigenvalue weighted by atomic mass is 9.99. The molecule has 0 unspecified atom stereocenters. The second kappa shape index (κ2) is 10.5. The first-order chi connectivity index (χ1) is 11.8. The summed E-state index contributed by atoms with van der Waals surface area (Å²) in [6, 6.07) is 7.58. The maximum absolute atomic E-state index is 12.1. The van der Waals surface area contributed by atoms with E-state index in [1.165, 1.54) is 0 Å². The molecular formula is C18H27N3O4. The number of hydrogen-bond donors (Lipinski definition) is 3. The Morgan fingerprint density at radius 3 is 2.40 bits per heavy atom. The monoisotopic (exact) mass is 349 g/mol. The van der Waals surface area contributed by atoms with Crippen LogP contribution in [0.1, 0.15) is 38.7 Å². The summed E-state index contributed by atoms with van der Waals surface area (Å²) in [5, 5.41) is 2.51. The molecule has 0 saturated carbocycles. The minimum absolute atomic E-state index is 0.0237. The molecule has 2 amide bonds. The number of nitrogens with two attached hydrogens (primary N) is 2. The molecule has 0 aliphatic rings. The van der Waals surface area contributed by atoms with Crippen molar-refractivity contribution in [3.05, 3.63) is 35.9 Å². The van der Waals surface area contributed by atoms with Crippen molar-refractivity contribution in [3.63, 3.8) is 0 Å². The molecule has 0 aromatic heterocycles. The van der Waals surface area contributed by atoms with E-state index in [-0.39, 0.29) is 25.4 Å². The molecule has 0 radical (unpaired) electrons. The molecule has 1 rings (SSSR count). The Hall–Kier alpha value is -2.41. The fraction of sp³-hybridized carbons (Fsp3) is 0.500. The Bertz CT molecular complexity index is 577. The van der Waals surface area contributed by atoms with Crippen LogP contribution in [-0.2, 0) is 25.7 Å². The average Bonchev–Trinajstić information content (AvgIpc) is 2.62. The van der Waals surface area contributed by atoms with Crippen LogP contribution in [0.5, 0.6) is 0 Å². The number of nitrogens with one attached hydrogen (secondary N) is 1. The highest BCUT2D eigenvalue weighted by Crippen LogP contribution is 2.08. The Kier molecular flexibility index (Phi) is 8.63. The molecule has 25 heavy (non-hydrogen) atoms. The number of esters is 1. The predicted octanol–water partition coefficient (Wildman–Crippen LogP) is 0.854. The zero-order chi connectivity index (χ0) is 18.8. The Morgan fingerprint density at radius 1 is 1.20 bits per heavy atom. The number of hydrogen-bond acceptors (Lipinski definition) is 5. The number of carbonyl (C=O) groups excluding carboxylic acids is 3. The van der Waals surface area contributed by atoms with Crippen molar-refractivity contribution in [2.45, 2.75) is 51.8 Å². The van der Waals surface area contributed by atoms with Gasteiger partial charge in [0.15, 0.2) is 0 Å². The number of rotatable bonds is 10. The van der Waals surface area contributed by atoms with E-state index in [4.69, 9.17) is 16.2 Å². The molecule has 7 nitrogen and oxygen atoms in total. The predicted molar refractivity (Wildman–Crippen MR) is 94.0 cm³/mol. The van der Waals surface area contributed by atoms with E-state index < -0.39 is 29.9 Å². The number of amides is 2. The molecule has 3 atom stereocenters. The van der Waals surface area contributed by atoms with Gasteiger partial charge in [-0.3, -0.25) is 14.4 Å². The standard InChI is InChI=1S/C18H27N3O4/c1-3-12(2)16(19)18(24)21-14(17(20)23)9-10-15(22)25-11-13-7-5-4-6-8-13/h4-8,12,14,16H,3,9-11,19H2,1-2H3,(H2,20,23)(H,21,24)/t12-,14+,16-/m1/s1. The topological polar surface area (TPSA) is 125 Å². The summed E-state index contributed by atoms with van der Waals surface area (Å²) in [6.07, 6.45) is 0.781. The SMILES string of the molecule is CC[C@@H](C)[C@@H](N)C(=O)N[C@@H](CCC(=O)OCc1ccccc1)C(N)=O. The summed E-state index contributed by atoms with van der Waals surface area (Å²) in [5.41, 5.74) is 12.0. The van der Waals surface area contributed by atoms with Gasteiger partial charge in [-0.2, -0.15) is 0 Å². The molecule has 0 spiro atoms. The third-order valence-corrected chi connectivity index (χ3v) is 4.10. The van der Waals surface area contributed by atoms with Gasteiger partial charge in [-0.1, -0.05) is 50.6 Å². The van der Waals surface area contributed by atoms with E-state index in [1.54, 1.807) is 0 Å². The van der Waals surface area contributed by atoms with E-state index in [0.717, 1.165) is 12.0 Å². The first-order valence-electron chi connectivity index (χ1n) is 8.40. The summed E-state index contributed by atoms with van der Waals surface area (Å²) in [4.78, 5) is 35.4. The minimum Gasteiger partial charge on any atom is -0.461 e. The van der Waals surface area contributed by atoms with Crippen LogP contribution >= 0.6 is 0 Å². The maximum atomic E-state index is 12.1. The Labute approximate surface area is 148 Å². The van der Waals surface area contributed by atoms with Crippen LogP contribution in [0.4, 0.5) is 0 Å². The van der Waals surface area contributed by atoms with Gasteiger partial charge in [0.2, 0.25) is 11.8 Å². The molecule has 0 aliphatic heterocycles. The summed E-state index contributed by atoms with van der Waals surface area (Å²) in [5.74, 6) is -1.64. The minimum atomic E-state index is -0.952. The van der Waals surface area contributed by atoms with Gasteiger partial charge in [0, 0.05) is 6.42 Å². The molecule has 0 bridgehead atoms.